The molecule has 3 aromatic rings. The summed E-state index contributed by atoms with van der Waals surface area (Å²) >= 11 is 0. The maximum Gasteiger partial charge on any atom is 0.256 e. The molecule has 0 aliphatic carbocycles. The fraction of sp³-hybridized carbons (Fsp3) is 0.304. The number of sulfonamides is 1. The minimum atomic E-state index is -3.65. The second kappa shape index (κ2) is 9.03. The number of para-hydroxylation sites is 1. The minimum Gasteiger partial charge on any atom is -0.376 e. The molecule has 2 aromatic carbocycles. The number of nitrogens with one attached hydrogen (secondary N) is 1. The average molecular weight is 441 g/mol. The predicted octanol–water partition coefficient (Wildman–Crippen LogP) is 3.89. The summed E-state index contributed by atoms with van der Waals surface area (Å²) in [7, 11) is 0.0311. The number of rotatable bonds is 7. The molecule has 0 unspecified atom stereocenters. The largest absolute Gasteiger partial charge is 0.376 e. The van der Waals surface area contributed by atoms with Gasteiger partial charge in [0, 0.05) is 38.3 Å². The molecular formula is C23H28N4O3S. The molecule has 7 nitrogen and oxygen atoms in total. The molecule has 0 aliphatic rings. The molecular weight excluding hydrogens is 412 g/mol. The average Bonchev–Trinajstić information content (AvgIpc) is 2.73. The summed E-state index contributed by atoms with van der Waals surface area (Å²) in [6.07, 6.45) is 0. The third-order valence-corrected chi connectivity index (χ3v) is 7.18. The smallest absolute Gasteiger partial charge is 0.256 e. The van der Waals surface area contributed by atoms with Crippen LogP contribution in [0.4, 0.5) is 11.4 Å². The van der Waals surface area contributed by atoms with Crippen LogP contribution in [0.1, 0.15) is 29.9 Å². The number of anilines is 2. The van der Waals surface area contributed by atoms with Gasteiger partial charge in [-0.3, -0.25) is 9.78 Å². The Morgan fingerprint density at radius 1 is 1.03 bits per heavy atom. The highest BCUT2D eigenvalue weighted by atomic mass is 32.2. The van der Waals surface area contributed by atoms with E-state index in [0.29, 0.717) is 30.0 Å². The number of aromatic nitrogens is 1. The first kappa shape index (κ1) is 22.7. The van der Waals surface area contributed by atoms with Crippen LogP contribution in [-0.2, 0) is 10.0 Å². The van der Waals surface area contributed by atoms with Crippen LogP contribution in [0.25, 0.3) is 10.9 Å². The molecule has 0 radical (unpaired) electrons. The number of pyridine rings is 1. The number of carbonyl (C=O) groups is 1. The van der Waals surface area contributed by atoms with E-state index in [1.54, 1.807) is 32.0 Å². The standard InChI is InChI=1S/C23H28N4O3S/c1-6-27(7-2)31(29,30)17-12-13-22(26(4)5)21(15-17)25-23(28)19-14-16(3)24-20-11-9-8-10-18(19)20/h8-15H,6-7H2,1-5H3,(H,25,28). The Labute approximate surface area is 183 Å². The van der Waals surface area contributed by atoms with Gasteiger partial charge in [-0.05, 0) is 37.3 Å². The lowest BCUT2D eigenvalue weighted by Crippen LogP contribution is -2.30. The van der Waals surface area contributed by atoms with E-state index in [1.807, 2.05) is 50.2 Å². The highest BCUT2D eigenvalue weighted by Crippen LogP contribution is 2.30. The minimum absolute atomic E-state index is 0.146. The maximum absolute atomic E-state index is 13.2. The van der Waals surface area contributed by atoms with E-state index in [2.05, 4.69) is 10.3 Å². The van der Waals surface area contributed by atoms with Gasteiger partial charge < -0.3 is 10.2 Å². The fourth-order valence-electron chi connectivity index (χ4n) is 3.56. The molecule has 0 atom stereocenters. The van der Waals surface area contributed by atoms with Crippen LogP contribution >= 0.6 is 0 Å². The molecule has 0 saturated heterocycles. The molecule has 0 spiro atoms. The van der Waals surface area contributed by atoms with Gasteiger partial charge in [0.15, 0.2) is 0 Å². The molecule has 0 saturated carbocycles. The summed E-state index contributed by atoms with van der Waals surface area (Å²) in [5.41, 5.74) is 3.10. The highest BCUT2D eigenvalue weighted by Gasteiger charge is 2.24. The zero-order valence-corrected chi connectivity index (χ0v) is 19.3. The Kier molecular flexibility index (Phi) is 6.62. The molecule has 31 heavy (non-hydrogen) atoms. The number of aryl methyl sites for hydroxylation is 1. The fourth-order valence-corrected chi connectivity index (χ4v) is 5.05. The van der Waals surface area contributed by atoms with Crippen molar-refractivity contribution in [1.82, 2.24) is 9.29 Å². The first-order valence-corrected chi connectivity index (χ1v) is 11.6. The van der Waals surface area contributed by atoms with Gasteiger partial charge in [0.05, 0.1) is 27.4 Å². The quantitative estimate of drug-likeness (QED) is 0.603. The first-order chi connectivity index (χ1) is 14.7. The predicted molar refractivity (Wildman–Crippen MR) is 125 cm³/mol. The second-order valence-electron chi connectivity index (χ2n) is 7.45. The Morgan fingerprint density at radius 2 is 1.71 bits per heavy atom. The van der Waals surface area contributed by atoms with Gasteiger partial charge in [-0.25, -0.2) is 8.42 Å². The van der Waals surface area contributed by atoms with Gasteiger partial charge in [0.2, 0.25) is 10.0 Å². The summed E-state index contributed by atoms with van der Waals surface area (Å²) in [4.78, 5) is 19.7. The van der Waals surface area contributed by atoms with E-state index in [4.69, 9.17) is 0 Å². The summed E-state index contributed by atoms with van der Waals surface area (Å²) < 4.78 is 27.4. The van der Waals surface area contributed by atoms with E-state index in [-0.39, 0.29) is 10.8 Å². The number of hydrogen-bond acceptors (Lipinski definition) is 5. The topological polar surface area (TPSA) is 82.6 Å². The van der Waals surface area contributed by atoms with Crippen molar-refractivity contribution in [1.29, 1.82) is 0 Å². The van der Waals surface area contributed by atoms with E-state index >= 15 is 0 Å². The number of fused-ring (bicyclic) bond motifs is 1. The van der Waals surface area contributed by atoms with Gasteiger partial charge in [-0.2, -0.15) is 4.31 Å². The maximum atomic E-state index is 13.2. The van der Waals surface area contributed by atoms with Crippen molar-refractivity contribution in [3.8, 4) is 0 Å². The number of carbonyl (C=O) groups excluding carboxylic acids is 1. The van der Waals surface area contributed by atoms with Crippen molar-refractivity contribution >= 4 is 38.2 Å². The van der Waals surface area contributed by atoms with Gasteiger partial charge in [0.25, 0.3) is 5.91 Å². The zero-order chi connectivity index (χ0) is 22.8. The van der Waals surface area contributed by atoms with Crippen molar-refractivity contribution in [3.05, 3.63) is 59.8 Å². The molecule has 8 heteroatoms. The Morgan fingerprint density at radius 3 is 2.35 bits per heavy atom. The molecule has 164 valence electrons. The van der Waals surface area contributed by atoms with Gasteiger partial charge in [0.1, 0.15) is 0 Å². The van der Waals surface area contributed by atoms with Crippen molar-refractivity contribution in [2.45, 2.75) is 25.7 Å². The van der Waals surface area contributed by atoms with E-state index < -0.39 is 10.0 Å². The molecule has 0 aliphatic heterocycles. The number of benzene rings is 2. The van der Waals surface area contributed by atoms with E-state index in [9.17, 15) is 13.2 Å². The summed E-state index contributed by atoms with van der Waals surface area (Å²) in [6, 6.07) is 14.0. The monoisotopic (exact) mass is 440 g/mol. The zero-order valence-electron chi connectivity index (χ0n) is 18.5. The SMILES string of the molecule is CCN(CC)S(=O)(=O)c1ccc(N(C)C)c(NC(=O)c2cc(C)nc3ccccc23)c1. The van der Waals surface area contributed by atoms with Crippen LogP contribution in [0.5, 0.6) is 0 Å². The molecule has 0 bridgehead atoms. The van der Waals surface area contributed by atoms with Gasteiger partial charge >= 0.3 is 0 Å². The lowest BCUT2D eigenvalue weighted by molar-refractivity contribution is 0.102. The van der Waals surface area contributed by atoms with E-state index in [0.717, 1.165) is 16.6 Å². The number of nitrogens with zero attached hydrogens (tertiary/aromatic N) is 3. The van der Waals surface area contributed by atoms with Crippen molar-refractivity contribution in [2.75, 3.05) is 37.4 Å². The number of hydrogen-bond donors (Lipinski definition) is 1. The second-order valence-corrected chi connectivity index (χ2v) is 9.38. The van der Waals surface area contributed by atoms with Crippen LogP contribution in [0, 0.1) is 6.92 Å². The third-order valence-electron chi connectivity index (χ3n) is 5.13. The lowest BCUT2D eigenvalue weighted by Gasteiger charge is -2.22. The van der Waals surface area contributed by atoms with Gasteiger partial charge in [-0.15, -0.1) is 0 Å². The molecule has 3 rings (SSSR count). The normalized spacial score (nSPS) is 11.7. The van der Waals surface area contributed by atoms with Gasteiger partial charge in [-0.1, -0.05) is 32.0 Å². The summed E-state index contributed by atoms with van der Waals surface area (Å²) in [6.45, 7) is 6.19. The van der Waals surface area contributed by atoms with Crippen LogP contribution < -0.4 is 10.2 Å². The summed E-state index contributed by atoms with van der Waals surface area (Å²) in [5.74, 6) is -0.317. The Bertz CT molecular complexity index is 1220. The van der Waals surface area contributed by atoms with Crippen LogP contribution in [-0.4, -0.2) is 50.8 Å². The molecule has 1 heterocycles. The highest BCUT2D eigenvalue weighted by molar-refractivity contribution is 7.89. The van der Waals surface area contributed by atoms with Crippen molar-refractivity contribution in [2.24, 2.45) is 0 Å². The summed E-state index contributed by atoms with van der Waals surface area (Å²) in [5, 5.41) is 3.66. The van der Waals surface area contributed by atoms with Crippen LogP contribution in [0.15, 0.2) is 53.4 Å². The Hall–Kier alpha value is -2.97. The molecule has 1 aromatic heterocycles. The first-order valence-electron chi connectivity index (χ1n) is 10.2. The Balaban J connectivity index is 2.07. The van der Waals surface area contributed by atoms with E-state index in [1.165, 1.54) is 10.4 Å². The molecule has 0 fully saturated rings. The molecule has 1 amide bonds. The van der Waals surface area contributed by atoms with Crippen LogP contribution in [0.2, 0.25) is 0 Å². The molecule has 1 N–H and O–H groups in total. The van der Waals surface area contributed by atoms with Crippen molar-refractivity contribution in [3.63, 3.8) is 0 Å². The third kappa shape index (κ3) is 4.55. The number of amides is 1. The lowest BCUT2D eigenvalue weighted by atomic mass is 10.1. The van der Waals surface area contributed by atoms with Crippen LogP contribution in [0.3, 0.4) is 0 Å². The van der Waals surface area contributed by atoms with Crippen molar-refractivity contribution < 1.29 is 13.2 Å².